The number of hydrogen-bond acceptors (Lipinski definition) is 8. The number of hydrogen-bond donors (Lipinski definition) is 8. The van der Waals surface area contributed by atoms with Gasteiger partial charge in [-0.25, -0.2) is 0 Å². The molecule has 0 amide bonds. The molecule has 0 radical (unpaired) electrons. The molecule has 0 saturated heterocycles. The first-order valence-corrected chi connectivity index (χ1v) is 9.33. The molecule has 0 fully saturated rings. The van der Waals surface area contributed by atoms with Crippen LogP contribution in [0.1, 0.15) is 0 Å². The molecule has 0 unspecified atom stereocenters. The highest BCUT2D eigenvalue weighted by molar-refractivity contribution is 7.59. The maximum absolute atomic E-state index is 8.70. The lowest BCUT2D eigenvalue weighted by molar-refractivity contribution is 0.475. The van der Waals surface area contributed by atoms with E-state index in [9.17, 15) is 0 Å². The van der Waals surface area contributed by atoms with Crippen molar-refractivity contribution in [1.82, 2.24) is 0 Å². The zero-order valence-corrected chi connectivity index (χ0v) is 20.3. The quantitative estimate of drug-likeness (QED) is 0.130. The van der Waals surface area contributed by atoms with E-state index in [1.54, 1.807) is 97.1 Å². The third-order valence-electron chi connectivity index (χ3n) is 3.57. The summed E-state index contributed by atoms with van der Waals surface area (Å²) in [6.07, 6.45) is 0. The Hall–Kier alpha value is -4.02. The van der Waals surface area contributed by atoms with Crippen LogP contribution >= 0.6 is 27.0 Å². The fourth-order valence-corrected chi connectivity index (χ4v) is 1.90. The lowest BCUT2D eigenvalue weighted by Gasteiger charge is -1.89. The molecule has 0 aliphatic rings. The van der Waals surface area contributed by atoms with Crippen molar-refractivity contribution >= 4 is 49.7 Å². The topological polar surface area (TPSA) is 185 Å². The maximum atomic E-state index is 8.70. The third kappa shape index (κ3) is 15.7. The monoisotopic (exact) mass is 504 g/mol. The second-order valence-electron chi connectivity index (χ2n) is 6.37. The van der Waals surface area contributed by atoms with E-state index in [0.717, 1.165) is 0 Å². The standard InChI is InChI=1S/4C6H7NO.2H2S/c4*7-5-1-3-6(8)4-2-5;;/h4*1-4,8H,7H2;2*1H2. The Kier molecular flexibility index (Phi) is 16.6. The zero-order valence-electron chi connectivity index (χ0n) is 18.3. The summed E-state index contributed by atoms with van der Waals surface area (Å²) >= 11 is 0. The van der Waals surface area contributed by atoms with Gasteiger partial charge in [-0.15, -0.1) is 0 Å². The molecule has 0 spiro atoms. The Morgan fingerprint density at radius 3 is 0.500 bits per heavy atom. The molecule has 184 valence electrons. The van der Waals surface area contributed by atoms with Gasteiger partial charge < -0.3 is 43.4 Å². The normalized spacial score (nSPS) is 8.47. The van der Waals surface area contributed by atoms with Crippen LogP contribution in [0.5, 0.6) is 23.0 Å². The molecule has 4 aromatic carbocycles. The smallest absolute Gasteiger partial charge is 0.115 e. The summed E-state index contributed by atoms with van der Waals surface area (Å²) in [5.41, 5.74) is 23.9. The number of anilines is 4. The zero-order chi connectivity index (χ0) is 23.9. The van der Waals surface area contributed by atoms with Crippen molar-refractivity contribution in [2.75, 3.05) is 22.9 Å². The van der Waals surface area contributed by atoms with Crippen LogP contribution < -0.4 is 22.9 Å². The summed E-state index contributed by atoms with van der Waals surface area (Å²) in [6.45, 7) is 0. The van der Waals surface area contributed by atoms with Crippen LogP contribution in [0.15, 0.2) is 97.1 Å². The van der Waals surface area contributed by atoms with Gasteiger partial charge in [0.1, 0.15) is 23.0 Å². The van der Waals surface area contributed by atoms with Gasteiger partial charge in [0, 0.05) is 22.7 Å². The highest BCUT2D eigenvalue weighted by Gasteiger charge is 1.84. The Bertz CT molecular complexity index is 775. The van der Waals surface area contributed by atoms with E-state index in [-0.39, 0.29) is 50.0 Å². The maximum Gasteiger partial charge on any atom is 0.115 e. The minimum atomic E-state index is 0. The molecule has 0 heterocycles. The first kappa shape index (κ1) is 32.2. The molecule has 10 heteroatoms. The van der Waals surface area contributed by atoms with Gasteiger partial charge in [-0.2, -0.15) is 27.0 Å². The molecule has 4 aromatic rings. The third-order valence-corrected chi connectivity index (χ3v) is 3.57. The van der Waals surface area contributed by atoms with Crippen molar-refractivity contribution in [3.05, 3.63) is 97.1 Å². The second-order valence-corrected chi connectivity index (χ2v) is 6.37. The average Bonchev–Trinajstić information content (AvgIpc) is 2.78. The number of phenols is 4. The number of nitrogens with two attached hydrogens (primary N) is 4. The number of phenolic OH excluding ortho intramolecular Hbond substituents is 4. The molecule has 0 aliphatic carbocycles. The van der Waals surface area contributed by atoms with Gasteiger partial charge in [0.25, 0.3) is 0 Å². The molecule has 0 aromatic heterocycles. The minimum absolute atomic E-state index is 0. The molecule has 34 heavy (non-hydrogen) atoms. The molecular formula is C24H32N4O4S2. The Labute approximate surface area is 213 Å². The summed E-state index contributed by atoms with van der Waals surface area (Å²) < 4.78 is 0. The molecular weight excluding hydrogens is 472 g/mol. The highest BCUT2D eigenvalue weighted by Crippen LogP contribution is 2.11. The number of rotatable bonds is 0. The number of nitrogen functional groups attached to an aromatic ring is 4. The lowest BCUT2D eigenvalue weighted by Crippen LogP contribution is -1.80. The molecule has 0 saturated carbocycles. The Morgan fingerprint density at radius 1 is 0.294 bits per heavy atom. The summed E-state index contributed by atoms with van der Waals surface area (Å²) in [7, 11) is 0. The lowest BCUT2D eigenvalue weighted by atomic mass is 10.3. The molecule has 4 rings (SSSR count). The van der Waals surface area contributed by atoms with Crippen LogP contribution in [-0.2, 0) is 0 Å². The van der Waals surface area contributed by atoms with Gasteiger partial charge >= 0.3 is 0 Å². The second kappa shape index (κ2) is 17.5. The van der Waals surface area contributed by atoms with Crippen molar-refractivity contribution in [3.63, 3.8) is 0 Å². The van der Waals surface area contributed by atoms with Crippen LogP contribution in [0.2, 0.25) is 0 Å². The van der Waals surface area contributed by atoms with Crippen molar-refractivity contribution in [2.45, 2.75) is 0 Å². The van der Waals surface area contributed by atoms with E-state index in [1.165, 1.54) is 0 Å². The van der Waals surface area contributed by atoms with E-state index in [1.807, 2.05) is 0 Å². The van der Waals surface area contributed by atoms with Crippen LogP contribution in [0.4, 0.5) is 22.7 Å². The predicted molar refractivity (Wildman–Crippen MR) is 151 cm³/mol. The van der Waals surface area contributed by atoms with E-state index >= 15 is 0 Å². The number of benzene rings is 4. The van der Waals surface area contributed by atoms with E-state index in [2.05, 4.69) is 0 Å². The molecule has 0 atom stereocenters. The van der Waals surface area contributed by atoms with Crippen molar-refractivity contribution in [1.29, 1.82) is 0 Å². The van der Waals surface area contributed by atoms with Gasteiger partial charge in [0.15, 0.2) is 0 Å². The van der Waals surface area contributed by atoms with Crippen LogP contribution in [0.3, 0.4) is 0 Å². The Balaban J connectivity index is 0. The van der Waals surface area contributed by atoms with Gasteiger partial charge in [-0.3, -0.25) is 0 Å². The fraction of sp³-hybridized carbons (Fsp3) is 0. The summed E-state index contributed by atoms with van der Waals surface area (Å²) in [5, 5.41) is 34.8. The molecule has 12 N–H and O–H groups in total. The minimum Gasteiger partial charge on any atom is -0.508 e. The number of aromatic hydroxyl groups is 4. The largest absolute Gasteiger partial charge is 0.508 e. The SMILES string of the molecule is Nc1ccc(O)cc1.Nc1ccc(O)cc1.Nc1ccc(O)cc1.Nc1ccc(O)cc1.S.S. The average molecular weight is 505 g/mol. The molecule has 0 aliphatic heterocycles. The first-order valence-electron chi connectivity index (χ1n) is 9.33. The fourth-order valence-electron chi connectivity index (χ4n) is 1.90. The van der Waals surface area contributed by atoms with Crippen molar-refractivity contribution < 1.29 is 20.4 Å². The molecule has 8 nitrogen and oxygen atoms in total. The summed E-state index contributed by atoms with van der Waals surface area (Å²) in [6, 6.07) is 25.6. The Morgan fingerprint density at radius 2 is 0.412 bits per heavy atom. The first-order chi connectivity index (χ1) is 15.2. The molecule has 0 bridgehead atoms. The predicted octanol–water partition coefficient (Wildman–Crippen LogP) is 4.12. The summed E-state index contributed by atoms with van der Waals surface area (Å²) in [4.78, 5) is 0. The van der Waals surface area contributed by atoms with Gasteiger partial charge in [-0.1, -0.05) is 0 Å². The van der Waals surface area contributed by atoms with Crippen LogP contribution in [0.25, 0.3) is 0 Å². The van der Waals surface area contributed by atoms with Crippen LogP contribution in [0, 0.1) is 0 Å². The van der Waals surface area contributed by atoms with Gasteiger partial charge in [-0.05, 0) is 97.1 Å². The van der Waals surface area contributed by atoms with Gasteiger partial charge in [0.2, 0.25) is 0 Å². The van der Waals surface area contributed by atoms with E-state index in [4.69, 9.17) is 43.4 Å². The summed E-state index contributed by atoms with van der Waals surface area (Å²) in [5.74, 6) is 0.997. The van der Waals surface area contributed by atoms with Crippen molar-refractivity contribution in [3.8, 4) is 23.0 Å². The highest BCUT2D eigenvalue weighted by atomic mass is 32.1. The van der Waals surface area contributed by atoms with Crippen LogP contribution in [-0.4, -0.2) is 20.4 Å². The van der Waals surface area contributed by atoms with E-state index < -0.39 is 0 Å². The van der Waals surface area contributed by atoms with E-state index in [0.29, 0.717) is 22.7 Å². The van der Waals surface area contributed by atoms with Crippen molar-refractivity contribution in [2.24, 2.45) is 0 Å². The van der Waals surface area contributed by atoms with Gasteiger partial charge in [0.05, 0.1) is 0 Å².